The van der Waals surface area contributed by atoms with E-state index in [1.165, 1.54) is 11.3 Å². The lowest BCUT2D eigenvalue weighted by molar-refractivity contribution is -0.116. The third kappa shape index (κ3) is 11.0. The molecule has 0 atom stereocenters. The van der Waals surface area contributed by atoms with Crippen LogP contribution < -0.4 is 5.32 Å². The summed E-state index contributed by atoms with van der Waals surface area (Å²) in [5.41, 5.74) is 0.799. The molecule has 9 nitrogen and oxygen atoms in total. The maximum atomic E-state index is 13.3. The molecule has 0 bridgehead atoms. The predicted octanol–water partition coefficient (Wildman–Crippen LogP) is 7.44. The quantitative estimate of drug-likeness (QED) is 0.243. The molecular weight excluding hydrogens is 560 g/mol. The molecule has 0 unspecified atom stereocenters. The van der Waals surface area contributed by atoms with Crippen LogP contribution in [0, 0.1) is 0 Å². The summed E-state index contributed by atoms with van der Waals surface area (Å²) in [5, 5.41) is 4.91. The number of anilines is 1. The van der Waals surface area contributed by atoms with Gasteiger partial charge in [0, 0.05) is 47.4 Å². The first-order valence-corrected chi connectivity index (χ1v) is 15.9. The lowest BCUT2D eigenvalue weighted by atomic mass is 10.0. The van der Waals surface area contributed by atoms with Gasteiger partial charge in [-0.05, 0) is 74.3 Å². The lowest BCUT2D eigenvalue weighted by Gasteiger charge is -2.30. The van der Waals surface area contributed by atoms with Crippen molar-refractivity contribution >= 4 is 51.2 Å². The van der Waals surface area contributed by atoms with E-state index in [0.717, 1.165) is 21.0 Å². The number of fused-ring (bicyclic) bond motifs is 1. The molecule has 0 fully saturated rings. The molecule has 3 amide bonds. The van der Waals surface area contributed by atoms with Crippen molar-refractivity contribution in [2.75, 3.05) is 18.4 Å². The first-order chi connectivity index (χ1) is 18.9. The molecule has 1 N–H and O–H groups in total. The molecule has 11 heteroatoms. The van der Waals surface area contributed by atoms with Crippen LogP contribution in [0.15, 0.2) is 17.3 Å². The molecule has 0 aromatic carbocycles. The molecule has 1 aliphatic heterocycles. The molecule has 2 heterocycles. The van der Waals surface area contributed by atoms with Crippen LogP contribution in [0.25, 0.3) is 0 Å². The minimum Gasteiger partial charge on any atom is -0.444 e. The zero-order valence-electron chi connectivity index (χ0n) is 26.5. The first kappa shape index (κ1) is 34.7. The third-order valence-corrected chi connectivity index (χ3v) is 7.83. The average Bonchev–Trinajstić information content (AvgIpc) is 3.15. The minimum atomic E-state index is -0.624. The SMILES string of the molecule is C/C=C/N=C(\SC(C)C)c1c(NC(=O)CCN(C(=O)OC(C)(C)C)C(C)C)sc2c1CCN(C(=O)OC(C)(C)C)C2. The number of carbonyl (C=O) groups is 3. The van der Waals surface area contributed by atoms with Gasteiger partial charge in [0.1, 0.15) is 21.2 Å². The van der Waals surface area contributed by atoms with Crippen molar-refractivity contribution in [3.8, 4) is 0 Å². The van der Waals surface area contributed by atoms with Crippen LogP contribution in [0.4, 0.5) is 14.6 Å². The summed E-state index contributed by atoms with van der Waals surface area (Å²) in [6, 6.07) is -0.122. The fourth-order valence-electron chi connectivity index (χ4n) is 4.01. The van der Waals surface area contributed by atoms with E-state index < -0.39 is 17.3 Å². The van der Waals surface area contributed by atoms with E-state index >= 15 is 0 Å². The molecule has 0 spiro atoms. The number of thioether (sulfide) groups is 1. The molecule has 2 rings (SSSR count). The maximum Gasteiger partial charge on any atom is 0.410 e. The van der Waals surface area contributed by atoms with Gasteiger partial charge in [-0.1, -0.05) is 19.9 Å². The van der Waals surface area contributed by atoms with Crippen LogP contribution in [0.2, 0.25) is 0 Å². The van der Waals surface area contributed by atoms with Gasteiger partial charge in [-0.25, -0.2) is 14.6 Å². The highest BCUT2D eigenvalue weighted by molar-refractivity contribution is 8.15. The molecule has 1 aliphatic rings. The summed E-state index contributed by atoms with van der Waals surface area (Å²) in [5.74, 6) is -0.206. The monoisotopic (exact) mass is 608 g/mol. The molecule has 0 saturated heterocycles. The molecule has 0 radical (unpaired) electrons. The Labute approximate surface area is 254 Å². The Morgan fingerprint density at radius 1 is 1.10 bits per heavy atom. The maximum absolute atomic E-state index is 13.3. The van der Waals surface area contributed by atoms with Gasteiger partial charge in [-0.3, -0.25) is 4.79 Å². The number of carbonyl (C=O) groups excluding carboxylic acids is 3. The van der Waals surface area contributed by atoms with Crippen molar-refractivity contribution in [3.05, 3.63) is 28.3 Å². The smallest absolute Gasteiger partial charge is 0.410 e. The van der Waals surface area contributed by atoms with Gasteiger partial charge in [0.25, 0.3) is 0 Å². The average molecular weight is 609 g/mol. The summed E-state index contributed by atoms with van der Waals surface area (Å²) >= 11 is 3.11. The van der Waals surface area contributed by atoms with Crippen LogP contribution in [-0.4, -0.2) is 68.5 Å². The number of hydrogen-bond acceptors (Lipinski definition) is 8. The summed E-state index contributed by atoms with van der Waals surface area (Å²) < 4.78 is 11.2. The Morgan fingerprint density at radius 2 is 1.73 bits per heavy atom. The zero-order valence-corrected chi connectivity index (χ0v) is 28.2. The minimum absolute atomic E-state index is 0.113. The highest BCUT2D eigenvalue weighted by Gasteiger charge is 2.32. The number of allylic oxidation sites excluding steroid dienone is 1. The van der Waals surface area contributed by atoms with Crippen LogP contribution >= 0.6 is 23.1 Å². The standard InChI is InChI=1S/C30H48N4O5S2/c1-12-15-31-25(40-20(4)5)24-21-13-16-33(27(36)38-29(6,7)8)18-22(21)41-26(24)32-23(35)14-17-34(19(2)3)28(37)39-30(9,10)11/h12,15,19-20H,13-14,16-18H2,1-11H3,(H,32,35)/b15-12+,31-25-. The highest BCUT2D eigenvalue weighted by Crippen LogP contribution is 2.40. The van der Waals surface area contributed by atoms with Gasteiger partial charge in [0.05, 0.1) is 6.54 Å². The Bertz CT molecular complexity index is 1140. The predicted molar refractivity (Wildman–Crippen MR) is 170 cm³/mol. The molecule has 41 heavy (non-hydrogen) atoms. The Kier molecular flexibility index (Phi) is 12.3. The van der Waals surface area contributed by atoms with Crippen molar-refractivity contribution in [2.45, 2.75) is 118 Å². The Balaban J connectivity index is 2.37. The second kappa shape index (κ2) is 14.6. The van der Waals surface area contributed by atoms with Gasteiger partial charge in [-0.2, -0.15) is 0 Å². The number of ether oxygens (including phenoxy) is 2. The third-order valence-electron chi connectivity index (χ3n) is 5.69. The Morgan fingerprint density at radius 3 is 2.27 bits per heavy atom. The second-order valence-electron chi connectivity index (χ2n) is 12.5. The van der Waals surface area contributed by atoms with Crippen LogP contribution in [-0.2, 0) is 27.2 Å². The van der Waals surface area contributed by atoms with Gasteiger partial charge in [-0.15, -0.1) is 23.1 Å². The summed E-state index contributed by atoms with van der Waals surface area (Å²) in [7, 11) is 0. The van der Waals surface area contributed by atoms with Crippen molar-refractivity contribution in [1.29, 1.82) is 0 Å². The highest BCUT2D eigenvalue weighted by atomic mass is 32.2. The van der Waals surface area contributed by atoms with E-state index in [9.17, 15) is 14.4 Å². The number of thiophene rings is 1. The van der Waals surface area contributed by atoms with E-state index in [-0.39, 0.29) is 36.3 Å². The van der Waals surface area contributed by atoms with Crippen LogP contribution in [0.1, 0.15) is 98.6 Å². The molecule has 230 valence electrons. The number of hydrogen-bond donors (Lipinski definition) is 1. The van der Waals surface area contributed by atoms with E-state index in [0.29, 0.717) is 24.5 Å². The lowest BCUT2D eigenvalue weighted by Crippen LogP contribution is -2.42. The fraction of sp³-hybridized carbons (Fsp3) is 0.667. The number of amides is 3. The van der Waals surface area contributed by atoms with Gasteiger partial charge in [0.15, 0.2) is 0 Å². The summed E-state index contributed by atoms with van der Waals surface area (Å²) in [4.78, 5) is 47.8. The zero-order chi connectivity index (χ0) is 31.1. The molecular formula is C30H48N4O5S2. The van der Waals surface area contributed by atoms with Gasteiger partial charge in [0.2, 0.25) is 5.91 Å². The van der Waals surface area contributed by atoms with Gasteiger partial charge < -0.3 is 24.6 Å². The summed E-state index contributed by atoms with van der Waals surface area (Å²) in [6.07, 6.45) is 3.59. The largest absolute Gasteiger partial charge is 0.444 e. The molecule has 1 aromatic rings. The summed E-state index contributed by atoms with van der Waals surface area (Å²) in [6.45, 7) is 22.1. The molecule has 0 aliphatic carbocycles. The van der Waals surface area contributed by atoms with E-state index in [2.05, 4.69) is 19.2 Å². The second-order valence-corrected chi connectivity index (χ2v) is 15.2. The van der Waals surface area contributed by atoms with E-state index in [1.54, 1.807) is 27.8 Å². The van der Waals surface area contributed by atoms with Crippen molar-refractivity contribution in [1.82, 2.24) is 9.80 Å². The fourth-order valence-corrected chi connectivity index (χ4v) is 6.27. The van der Waals surface area contributed by atoms with Gasteiger partial charge >= 0.3 is 12.2 Å². The van der Waals surface area contributed by atoms with Crippen molar-refractivity contribution in [2.24, 2.45) is 4.99 Å². The number of aliphatic imine (C=N–C) groups is 1. The van der Waals surface area contributed by atoms with E-state index in [1.807, 2.05) is 68.4 Å². The topological polar surface area (TPSA) is 101 Å². The van der Waals surface area contributed by atoms with Crippen molar-refractivity contribution in [3.63, 3.8) is 0 Å². The Hall–Kier alpha value is -2.53. The normalized spacial score (nSPS) is 14.5. The number of nitrogens with zero attached hydrogens (tertiary/aromatic N) is 3. The van der Waals surface area contributed by atoms with Crippen LogP contribution in [0.3, 0.4) is 0 Å². The number of nitrogens with one attached hydrogen (secondary N) is 1. The van der Waals surface area contributed by atoms with Crippen LogP contribution in [0.5, 0.6) is 0 Å². The molecule has 0 saturated carbocycles. The number of rotatable bonds is 8. The van der Waals surface area contributed by atoms with E-state index in [4.69, 9.17) is 14.5 Å². The van der Waals surface area contributed by atoms with Crippen molar-refractivity contribution < 1.29 is 23.9 Å². The molecule has 1 aromatic heterocycles. The first-order valence-electron chi connectivity index (χ1n) is 14.2.